The topological polar surface area (TPSA) is 126 Å². The first-order valence-electron chi connectivity index (χ1n) is 17.4. The second kappa shape index (κ2) is 18.4. The number of carbonyl (C=O) groups excluding carboxylic acids is 1. The summed E-state index contributed by atoms with van der Waals surface area (Å²) in [5, 5.41) is 14.0. The molecule has 0 saturated carbocycles. The van der Waals surface area contributed by atoms with E-state index in [0.717, 1.165) is 45.3 Å². The fourth-order valence-corrected chi connectivity index (χ4v) is 7.11. The van der Waals surface area contributed by atoms with Gasteiger partial charge in [-0.25, -0.2) is 4.98 Å². The number of benzene rings is 1. The predicted octanol–water partition coefficient (Wildman–Crippen LogP) is 7.05. The maximum atomic E-state index is 14.5. The summed E-state index contributed by atoms with van der Waals surface area (Å²) in [5.74, 6) is 1.04. The van der Waals surface area contributed by atoms with Gasteiger partial charge in [0.15, 0.2) is 0 Å². The van der Waals surface area contributed by atoms with Crippen LogP contribution in [0, 0.1) is 23.2 Å². The third kappa shape index (κ3) is 9.27. The lowest BCUT2D eigenvalue weighted by Gasteiger charge is -2.33. The Morgan fingerprint density at radius 3 is 2.48 bits per heavy atom. The molecule has 2 aromatic heterocycles. The number of rotatable bonds is 16. The van der Waals surface area contributed by atoms with Crippen molar-refractivity contribution >= 4 is 46.1 Å². The van der Waals surface area contributed by atoms with E-state index in [9.17, 15) is 14.9 Å². The number of nitrogens with one attached hydrogen (secondary N) is 1. The van der Waals surface area contributed by atoms with Crippen molar-refractivity contribution in [3.8, 4) is 28.7 Å². The van der Waals surface area contributed by atoms with Crippen LogP contribution in [0.1, 0.15) is 59.8 Å². The van der Waals surface area contributed by atoms with Crippen LogP contribution in [-0.2, 0) is 11.3 Å². The summed E-state index contributed by atoms with van der Waals surface area (Å²) >= 11 is 13.6. The van der Waals surface area contributed by atoms with E-state index in [2.05, 4.69) is 35.1 Å². The number of halogens is 2. The summed E-state index contributed by atoms with van der Waals surface area (Å²) in [5.41, 5.74) is 0.898. The van der Waals surface area contributed by atoms with Gasteiger partial charge in [-0.15, -0.1) is 0 Å². The summed E-state index contributed by atoms with van der Waals surface area (Å²) in [6.07, 6.45) is 7.73. The van der Waals surface area contributed by atoms with Gasteiger partial charge >= 0.3 is 0 Å². The van der Waals surface area contributed by atoms with Crippen molar-refractivity contribution in [2.45, 2.75) is 66.3 Å². The normalized spacial score (nSPS) is 15.1. The summed E-state index contributed by atoms with van der Waals surface area (Å²) in [7, 11) is 2.97. The number of hydrogen-bond donors (Lipinski definition) is 1. The molecule has 11 nitrogen and oxygen atoms in total. The third-order valence-corrected chi connectivity index (χ3v) is 9.92. The second-order valence-electron chi connectivity index (χ2n) is 12.9. The monoisotopic (exact) mass is 725 g/mol. The van der Waals surface area contributed by atoms with Crippen LogP contribution in [0.4, 0.5) is 5.95 Å². The van der Waals surface area contributed by atoms with Gasteiger partial charge in [-0.05, 0) is 69.6 Å². The van der Waals surface area contributed by atoms with E-state index in [1.165, 1.54) is 14.2 Å². The molecule has 0 radical (unpaired) electrons. The molecule has 1 fully saturated rings. The van der Waals surface area contributed by atoms with Crippen LogP contribution >= 0.6 is 23.2 Å². The number of fused-ring (bicyclic) bond motifs is 1. The minimum atomic E-state index is -0.323. The van der Waals surface area contributed by atoms with Gasteiger partial charge in [-0.1, -0.05) is 57.0 Å². The second-order valence-corrected chi connectivity index (χ2v) is 13.7. The molecule has 1 aromatic carbocycles. The fraction of sp³-hybridized carbons (Fsp3) is 0.541. The highest BCUT2D eigenvalue weighted by atomic mass is 35.5. The molecule has 0 spiro atoms. The van der Waals surface area contributed by atoms with Gasteiger partial charge in [-0.2, -0.15) is 10.2 Å². The highest BCUT2D eigenvalue weighted by Gasteiger charge is 2.27. The maximum absolute atomic E-state index is 14.5. The fourth-order valence-electron chi connectivity index (χ4n) is 6.41. The van der Waals surface area contributed by atoms with Gasteiger partial charge in [-0.3, -0.25) is 14.2 Å². The van der Waals surface area contributed by atoms with Crippen molar-refractivity contribution in [3.63, 3.8) is 0 Å². The van der Waals surface area contributed by atoms with Crippen LogP contribution in [-0.4, -0.2) is 83.7 Å². The standard InChI is InChI=1S/C37H49Cl2N7O4/c1-7-44(8-2)15-10-9-14-41-37-42-22-27-19-28(31-32(38)29(49-5)20-30(50-6)33(31)39)36(48)46(34(27)43-37)17-13-25-12-11-16-45(23-25)35(47)26(21-40)18-24(3)4/h18-20,22,24-25H,7-17,23H2,1-6H3,(H,41,42,43). The molecule has 1 atom stereocenters. The average molecular weight is 727 g/mol. The zero-order chi connectivity index (χ0) is 36.4. The van der Waals surface area contributed by atoms with E-state index < -0.39 is 0 Å². The molecule has 1 N–H and O–H groups in total. The van der Waals surface area contributed by atoms with Crippen molar-refractivity contribution in [2.24, 2.45) is 11.8 Å². The number of unbranched alkanes of at least 4 members (excludes halogenated alkanes) is 1. The lowest BCUT2D eigenvalue weighted by molar-refractivity contribution is -0.128. The predicted molar refractivity (Wildman–Crippen MR) is 200 cm³/mol. The van der Waals surface area contributed by atoms with Crippen molar-refractivity contribution in [3.05, 3.63) is 50.4 Å². The molecule has 4 rings (SSSR count). The first-order valence-corrected chi connectivity index (χ1v) is 18.2. The van der Waals surface area contributed by atoms with Gasteiger partial charge in [0, 0.05) is 49.4 Å². The zero-order valence-corrected chi connectivity index (χ0v) is 31.5. The molecule has 1 saturated heterocycles. The van der Waals surface area contributed by atoms with Crippen LogP contribution in [0.3, 0.4) is 0 Å². The summed E-state index contributed by atoms with van der Waals surface area (Å²) in [4.78, 5) is 41.2. The Labute approximate surface area is 305 Å². The number of amides is 1. The van der Waals surface area contributed by atoms with E-state index in [4.69, 9.17) is 37.7 Å². The quantitative estimate of drug-likeness (QED) is 0.0939. The summed E-state index contributed by atoms with van der Waals surface area (Å²) in [6.45, 7) is 13.4. The number of ether oxygens (including phenoxy) is 2. The smallest absolute Gasteiger partial charge is 0.264 e. The number of allylic oxidation sites excluding steroid dienone is 1. The van der Waals surface area contributed by atoms with E-state index in [1.54, 1.807) is 33.9 Å². The minimum Gasteiger partial charge on any atom is -0.495 e. The molecule has 0 bridgehead atoms. The molecule has 270 valence electrons. The van der Waals surface area contributed by atoms with Crippen LogP contribution in [0.5, 0.6) is 11.5 Å². The number of nitrogens with zero attached hydrogens (tertiary/aromatic N) is 6. The number of aromatic nitrogens is 3. The lowest BCUT2D eigenvalue weighted by atomic mass is 9.94. The molecular formula is C37H49Cl2N7O4. The summed E-state index contributed by atoms with van der Waals surface area (Å²) < 4.78 is 12.6. The Balaban J connectivity index is 1.69. The van der Waals surface area contributed by atoms with Crippen molar-refractivity contribution < 1.29 is 14.3 Å². The van der Waals surface area contributed by atoms with Crippen LogP contribution in [0.25, 0.3) is 22.2 Å². The largest absolute Gasteiger partial charge is 0.495 e. The molecule has 1 amide bonds. The molecule has 3 aromatic rings. The number of aryl methyl sites for hydroxylation is 1. The molecule has 1 unspecified atom stereocenters. The van der Waals surface area contributed by atoms with Gasteiger partial charge in [0.05, 0.1) is 29.8 Å². The number of anilines is 1. The summed E-state index contributed by atoms with van der Waals surface area (Å²) in [6, 6.07) is 5.37. The molecule has 0 aliphatic carbocycles. The Hall–Kier alpha value is -3.85. The van der Waals surface area contributed by atoms with Crippen LogP contribution in [0.15, 0.2) is 34.8 Å². The third-order valence-electron chi connectivity index (χ3n) is 9.17. The Kier molecular flexibility index (Phi) is 14.3. The Bertz CT molecular complexity index is 1750. The van der Waals surface area contributed by atoms with Gasteiger partial charge < -0.3 is 24.6 Å². The Morgan fingerprint density at radius 1 is 1.16 bits per heavy atom. The first-order chi connectivity index (χ1) is 24.1. The SMILES string of the molecule is CCN(CC)CCCCNc1ncc2cc(-c3c(Cl)c(OC)cc(OC)c3Cl)c(=O)n(CCC3CCCN(C(=O)C(C#N)=CC(C)C)C3)c2n1. The van der Waals surface area contributed by atoms with Crippen molar-refractivity contribution in [1.29, 1.82) is 5.26 Å². The molecule has 50 heavy (non-hydrogen) atoms. The van der Waals surface area contributed by atoms with Crippen LogP contribution in [0.2, 0.25) is 10.0 Å². The van der Waals surface area contributed by atoms with E-state index in [0.29, 0.717) is 66.6 Å². The first kappa shape index (κ1) is 38.9. The highest BCUT2D eigenvalue weighted by molar-refractivity contribution is 6.41. The molecule has 1 aliphatic heterocycles. The Morgan fingerprint density at radius 2 is 1.86 bits per heavy atom. The highest BCUT2D eigenvalue weighted by Crippen LogP contribution is 2.45. The zero-order valence-electron chi connectivity index (χ0n) is 30.0. The number of likely N-dealkylation sites (tertiary alicyclic amines) is 1. The average Bonchev–Trinajstić information content (AvgIpc) is 3.12. The van der Waals surface area contributed by atoms with Gasteiger partial charge in [0.1, 0.15) is 28.8 Å². The van der Waals surface area contributed by atoms with Gasteiger partial charge in [0.25, 0.3) is 11.5 Å². The molecule has 3 heterocycles. The number of carbonyl (C=O) groups is 1. The number of methoxy groups -OCH3 is 2. The van der Waals surface area contributed by atoms with E-state index in [-0.39, 0.29) is 44.5 Å². The minimum absolute atomic E-state index is 0.0852. The number of nitriles is 1. The van der Waals surface area contributed by atoms with Gasteiger partial charge in [0.2, 0.25) is 5.95 Å². The lowest BCUT2D eigenvalue weighted by Crippen LogP contribution is -2.41. The number of hydrogen-bond acceptors (Lipinski definition) is 9. The number of pyridine rings is 1. The van der Waals surface area contributed by atoms with Crippen molar-refractivity contribution in [2.75, 3.05) is 58.8 Å². The van der Waals surface area contributed by atoms with Crippen molar-refractivity contribution in [1.82, 2.24) is 24.3 Å². The molecule has 13 heteroatoms. The number of piperidine rings is 1. The van der Waals surface area contributed by atoms with E-state index in [1.807, 2.05) is 13.8 Å². The molecular weight excluding hydrogens is 677 g/mol. The van der Waals surface area contributed by atoms with E-state index >= 15 is 0 Å². The molecule has 1 aliphatic rings. The maximum Gasteiger partial charge on any atom is 0.264 e. The van der Waals surface area contributed by atoms with Crippen LogP contribution < -0.4 is 20.3 Å².